The highest BCUT2D eigenvalue weighted by Gasteiger charge is 2.17. The van der Waals surface area contributed by atoms with Gasteiger partial charge in [-0.1, -0.05) is 66.2 Å². The van der Waals surface area contributed by atoms with Gasteiger partial charge in [0.25, 0.3) is 5.91 Å². The van der Waals surface area contributed by atoms with Gasteiger partial charge in [-0.15, -0.1) is 11.3 Å². The molecule has 0 spiro atoms. The molecule has 0 atom stereocenters. The topological polar surface area (TPSA) is 68.3 Å². The SMILES string of the molecule is Cc1ccc(-c2nc(C)sc2CC(=O)OCC(=O)Nc2cccc3ccccc23)cc1. The smallest absolute Gasteiger partial charge is 0.311 e. The monoisotopic (exact) mass is 430 g/mol. The highest BCUT2D eigenvalue weighted by molar-refractivity contribution is 7.12. The summed E-state index contributed by atoms with van der Waals surface area (Å²) >= 11 is 1.47. The average molecular weight is 431 g/mol. The number of rotatable bonds is 6. The van der Waals surface area contributed by atoms with Gasteiger partial charge in [-0.05, 0) is 25.3 Å². The van der Waals surface area contributed by atoms with Crippen molar-refractivity contribution in [3.8, 4) is 11.3 Å². The Bertz CT molecular complexity index is 1240. The summed E-state index contributed by atoms with van der Waals surface area (Å²) in [5, 5.41) is 5.67. The van der Waals surface area contributed by atoms with E-state index in [0.29, 0.717) is 5.69 Å². The first kappa shape index (κ1) is 20.8. The fourth-order valence-electron chi connectivity index (χ4n) is 3.37. The molecule has 1 aromatic heterocycles. The third-order valence-electron chi connectivity index (χ3n) is 4.86. The molecule has 4 rings (SSSR count). The van der Waals surface area contributed by atoms with Crippen LogP contribution in [-0.2, 0) is 20.7 Å². The molecule has 0 aliphatic carbocycles. The highest BCUT2D eigenvalue weighted by atomic mass is 32.1. The van der Waals surface area contributed by atoms with Gasteiger partial charge >= 0.3 is 5.97 Å². The van der Waals surface area contributed by atoms with E-state index in [4.69, 9.17) is 4.74 Å². The Morgan fingerprint density at radius 3 is 2.52 bits per heavy atom. The Hall–Kier alpha value is -3.51. The van der Waals surface area contributed by atoms with Crippen LogP contribution in [0.25, 0.3) is 22.0 Å². The van der Waals surface area contributed by atoms with Crippen molar-refractivity contribution in [2.75, 3.05) is 11.9 Å². The number of hydrogen-bond donors (Lipinski definition) is 1. The number of aryl methyl sites for hydroxylation is 2. The van der Waals surface area contributed by atoms with E-state index in [1.54, 1.807) is 0 Å². The minimum absolute atomic E-state index is 0.0796. The van der Waals surface area contributed by atoms with Gasteiger partial charge in [0.1, 0.15) is 0 Å². The number of benzene rings is 3. The molecule has 0 aliphatic rings. The fourth-order valence-corrected chi connectivity index (χ4v) is 4.32. The zero-order valence-corrected chi connectivity index (χ0v) is 18.2. The third kappa shape index (κ3) is 4.98. The van der Waals surface area contributed by atoms with Crippen molar-refractivity contribution in [1.82, 2.24) is 4.98 Å². The first-order chi connectivity index (χ1) is 15.0. The predicted molar refractivity (Wildman–Crippen MR) is 124 cm³/mol. The second-order valence-electron chi connectivity index (χ2n) is 7.28. The number of fused-ring (bicyclic) bond motifs is 1. The van der Waals surface area contributed by atoms with E-state index in [1.807, 2.05) is 80.6 Å². The molecule has 0 saturated carbocycles. The summed E-state index contributed by atoms with van der Waals surface area (Å²) in [4.78, 5) is 30.2. The second-order valence-corrected chi connectivity index (χ2v) is 8.57. The summed E-state index contributed by atoms with van der Waals surface area (Å²) < 4.78 is 5.24. The van der Waals surface area contributed by atoms with Crippen molar-refractivity contribution in [3.63, 3.8) is 0 Å². The molecule has 3 aromatic carbocycles. The molecular weight excluding hydrogens is 408 g/mol. The molecule has 0 radical (unpaired) electrons. The van der Waals surface area contributed by atoms with Crippen LogP contribution in [0.1, 0.15) is 15.4 Å². The molecule has 1 N–H and O–H groups in total. The maximum atomic E-state index is 12.4. The maximum absolute atomic E-state index is 12.4. The van der Waals surface area contributed by atoms with Crippen molar-refractivity contribution in [2.24, 2.45) is 0 Å². The van der Waals surface area contributed by atoms with E-state index in [1.165, 1.54) is 11.3 Å². The number of carbonyl (C=O) groups is 2. The minimum Gasteiger partial charge on any atom is -0.455 e. The van der Waals surface area contributed by atoms with Crippen LogP contribution >= 0.6 is 11.3 Å². The van der Waals surface area contributed by atoms with Crippen molar-refractivity contribution in [1.29, 1.82) is 0 Å². The summed E-state index contributed by atoms with van der Waals surface area (Å²) in [7, 11) is 0. The van der Waals surface area contributed by atoms with Crippen LogP contribution in [0.3, 0.4) is 0 Å². The Kier molecular flexibility index (Phi) is 6.09. The van der Waals surface area contributed by atoms with Crippen LogP contribution in [0.5, 0.6) is 0 Å². The van der Waals surface area contributed by atoms with Crippen LogP contribution in [0.4, 0.5) is 5.69 Å². The van der Waals surface area contributed by atoms with E-state index in [-0.39, 0.29) is 18.9 Å². The minimum atomic E-state index is -0.454. The van der Waals surface area contributed by atoms with Crippen molar-refractivity contribution in [2.45, 2.75) is 20.3 Å². The number of carbonyl (C=O) groups excluding carboxylic acids is 2. The second kappa shape index (κ2) is 9.10. The fraction of sp³-hybridized carbons (Fsp3) is 0.160. The number of ether oxygens (including phenoxy) is 1. The van der Waals surface area contributed by atoms with Crippen molar-refractivity contribution >= 4 is 39.7 Å². The van der Waals surface area contributed by atoms with Gasteiger partial charge in [0, 0.05) is 21.5 Å². The molecule has 0 fully saturated rings. The Labute approximate surface area is 184 Å². The van der Waals surface area contributed by atoms with Crippen LogP contribution < -0.4 is 5.32 Å². The highest BCUT2D eigenvalue weighted by Crippen LogP contribution is 2.29. The van der Waals surface area contributed by atoms with E-state index < -0.39 is 5.97 Å². The van der Waals surface area contributed by atoms with Crippen molar-refractivity contribution in [3.05, 3.63) is 82.2 Å². The number of nitrogens with zero attached hydrogens (tertiary/aromatic N) is 1. The van der Waals surface area contributed by atoms with Gasteiger partial charge in [-0.2, -0.15) is 0 Å². The van der Waals surface area contributed by atoms with Gasteiger partial charge in [-0.3, -0.25) is 9.59 Å². The van der Waals surface area contributed by atoms with Gasteiger partial charge in [-0.25, -0.2) is 4.98 Å². The molecular formula is C25H22N2O3S. The summed E-state index contributed by atoms with van der Waals surface area (Å²) in [6, 6.07) is 21.5. The van der Waals surface area contributed by atoms with Crippen molar-refractivity contribution < 1.29 is 14.3 Å². The largest absolute Gasteiger partial charge is 0.455 e. The van der Waals surface area contributed by atoms with Gasteiger partial charge in [0.15, 0.2) is 6.61 Å². The van der Waals surface area contributed by atoms with Gasteiger partial charge in [0.2, 0.25) is 0 Å². The normalized spacial score (nSPS) is 10.8. The number of thiazole rings is 1. The number of nitrogens with one attached hydrogen (secondary N) is 1. The third-order valence-corrected chi connectivity index (χ3v) is 5.83. The number of anilines is 1. The lowest BCUT2D eigenvalue weighted by Crippen LogP contribution is -2.21. The molecule has 4 aromatic rings. The Balaban J connectivity index is 1.38. The molecule has 0 bridgehead atoms. The summed E-state index contributed by atoms with van der Waals surface area (Å²) in [6.07, 6.45) is 0.0796. The quantitative estimate of drug-likeness (QED) is 0.421. The predicted octanol–water partition coefficient (Wildman–Crippen LogP) is 5.30. The first-order valence-electron chi connectivity index (χ1n) is 9.96. The molecule has 0 saturated heterocycles. The molecule has 156 valence electrons. The maximum Gasteiger partial charge on any atom is 0.311 e. The van der Waals surface area contributed by atoms with Crippen LogP contribution in [0, 0.1) is 13.8 Å². The lowest BCUT2D eigenvalue weighted by molar-refractivity contribution is -0.146. The lowest BCUT2D eigenvalue weighted by atomic mass is 10.1. The summed E-state index contributed by atoms with van der Waals surface area (Å²) in [6.45, 7) is 3.60. The molecule has 1 amide bonds. The van der Waals surface area contributed by atoms with E-state index >= 15 is 0 Å². The molecule has 0 unspecified atom stereocenters. The van der Waals surface area contributed by atoms with Crippen LogP contribution in [0.15, 0.2) is 66.7 Å². The zero-order valence-electron chi connectivity index (χ0n) is 17.3. The van der Waals surface area contributed by atoms with Crippen LogP contribution in [-0.4, -0.2) is 23.5 Å². The Morgan fingerprint density at radius 2 is 1.71 bits per heavy atom. The standard InChI is InChI=1S/C25H22N2O3S/c1-16-10-12-19(13-11-16)25-22(31-17(2)26-25)14-24(29)30-15-23(28)27-21-9-5-7-18-6-3-4-8-20(18)21/h3-13H,14-15H2,1-2H3,(H,27,28). The van der Waals surface area contributed by atoms with E-state index in [2.05, 4.69) is 10.3 Å². The molecule has 31 heavy (non-hydrogen) atoms. The number of amides is 1. The van der Waals surface area contributed by atoms with Crippen LogP contribution in [0.2, 0.25) is 0 Å². The van der Waals surface area contributed by atoms with E-state index in [0.717, 1.165) is 37.5 Å². The van der Waals surface area contributed by atoms with Gasteiger partial charge < -0.3 is 10.1 Å². The number of esters is 1. The molecule has 6 heteroatoms. The summed E-state index contributed by atoms with van der Waals surface area (Å²) in [5.74, 6) is -0.825. The van der Waals surface area contributed by atoms with E-state index in [9.17, 15) is 9.59 Å². The lowest BCUT2D eigenvalue weighted by Gasteiger charge is -2.09. The summed E-state index contributed by atoms with van der Waals surface area (Å²) in [5.41, 5.74) is 3.61. The van der Waals surface area contributed by atoms with Gasteiger partial charge in [0.05, 0.1) is 17.1 Å². The first-order valence-corrected chi connectivity index (χ1v) is 10.8. The number of hydrogen-bond acceptors (Lipinski definition) is 5. The number of aromatic nitrogens is 1. The zero-order chi connectivity index (χ0) is 21.8. The molecule has 1 heterocycles. The Morgan fingerprint density at radius 1 is 0.968 bits per heavy atom. The average Bonchev–Trinajstić information content (AvgIpc) is 3.13. The molecule has 0 aliphatic heterocycles. The molecule has 5 nitrogen and oxygen atoms in total.